The Kier molecular flexibility index (Phi) is 7.09. The second-order valence-electron chi connectivity index (χ2n) is 5.67. The first-order valence-corrected chi connectivity index (χ1v) is 6.68. The smallest absolute Gasteiger partial charge is 0.390 e. The van der Waals surface area contributed by atoms with Gasteiger partial charge in [0.2, 0.25) is 0 Å². The summed E-state index contributed by atoms with van der Waals surface area (Å²) in [6, 6.07) is 0. The molecular weight excluding hydrogens is 487 g/mol. The Morgan fingerprint density at radius 3 is 1.03 bits per heavy atom. The molecule has 1 atom stereocenters. The first-order chi connectivity index (χ1) is 12.7. The van der Waals surface area contributed by atoms with Crippen LogP contribution in [-0.2, 0) is 5.11 Å². The number of hydrogen-bond donors (Lipinski definition) is 1. The Morgan fingerprint density at radius 2 is 0.767 bits per heavy atom. The number of aliphatic hydroxyl groups is 1. The fraction of sp³-hybridized carbons (Fsp3) is 1.00. The highest BCUT2D eigenvalue weighted by Crippen LogP contribution is 2.64. The molecule has 1 radical (unpaired) electrons. The molecule has 0 fully saturated rings. The van der Waals surface area contributed by atoms with Gasteiger partial charge in [0.25, 0.3) is 0 Å². The van der Waals surface area contributed by atoms with E-state index in [1.165, 1.54) is 0 Å². The lowest BCUT2D eigenvalue weighted by molar-refractivity contribution is -0.462. The minimum atomic E-state index is -8.70. The predicted molar refractivity (Wildman–Crippen MR) is 56.9 cm³/mol. The summed E-state index contributed by atoms with van der Waals surface area (Å²) in [5.41, 5.74) is 0. The third-order valence-corrected chi connectivity index (χ3v) is 3.47. The van der Waals surface area contributed by atoms with Crippen LogP contribution >= 0.6 is 0 Å². The molecule has 0 aromatic heterocycles. The summed E-state index contributed by atoms with van der Waals surface area (Å²) < 4.78 is 218. The van der Waals surface area contributed by atoms with Crippen LogP contribution in [0.15, 0.2) is 0 Å². The number of halogens is 17. The van der Waals surface area contributed by atoms with Crippen molar-refractivity contribution < 1.29 is 84.9 Å². The molecule has 19 heteroatoms. The third kappa shape index (κ3) is 3.75. The summed E-state index contributed by atoms with van der Waals surface area (Å²) in [5, 5.41) is 18.5. The van der Waals surface area contributed by atoms with E-state index in [0.717, 1.165) is 0 Å². The van der Waals surface area contributed by atoms with Gasteiger partial charge in [-0.15, -0.1) is 0 Å². The zero-order valence-corrected chi connectivity index (χ0v) is 13.3. The molecule has 0 heterocycles. The van der Waals surface area contributed by atoms with Gasteiger partial charge in [0.15, 0.2) is 0 Å². The molecule has 0 saturated heterocycles. The van der Waals surface area contributed by atoms with E-state index in [1.807, 2.05) is 0 Å². The fourth-order valence-corrected chi connectivity index (χ4v) is 1.68. The normalized spacial score (nSPS) is 17.3. The van der Waals surface area contributed by atoms with Gasteiger partial charge in [0, 0.05) is 6.42 Å². The van der Waals surface area contributed by atoms with Crippen molar-refractivity contribution in [2.24, 2.45) is 0 Å². The lowest BCUT2D eigenvalue weighted by Crippen LogP contribution is -2.74. The second-order valence-corrected chi connectivity index (χ2v) is 5.67. The summed E-state index contributed by atoms with van der Waals surface area (Å²) in [6.45, 7) is -2.17. The largest absolute Gasteiger partial charge is 0.460 e. The summed E-state index contributed by atoms with van der Waals surface area (Å²) >= 11 is 0. The van der Waals surface area contributed by atoms with E-state index < -0.39 is 66.8 Å². The molecule has 0 aliphatic rings. The topological polar surface area (TPSA) is 40.1 Å². The van der Waals surface area contributed by atoms with Crippen LogP contribution < -0.4 is 0 Å². The average Bonchev–Trinajstić information content (AvgIpc) is 2.51. The van der Waals surface area contributed by atoms with Crippen LogP contribution in [-0.4, -0.2) is 65.5 Å². The van der Waals surface area contributed by atoms with Crippen LogP contribution in [0.3, 0.4) is 0 Å². The van der Waals surface area contributed by atoms with Gasteiger partial charge in [0.1, 0.15) is 6.61 Å². The number of aliphatic hydroxyl groups excluding tert-OH is 1. The Bertz CT molecular complexity index is 607. The predicted octanol–water partition coefficient (Wildman–Crippen LogP) is 5.18. The highest BCUT2D eigenvalue weighted by molar-refractivity contribution is 5.15. The maximum absolute atomic E-state index is 13.3. The van der Waals surface area contributed by atoms with Crippen molar-refractivity contribution in [1.82, 2.24) is 0 Å². The van der Waals surface area contributed by atoms with Gasteiger partial charge >= 0.3 is 47.6 Å². The molecule has 2 nitrogen and oxygen atoms in total. The van der Waals surface area contributed by atoms with Gasteiger partial charge in [-0.1, -0.05) is 0 Å². The van der Waals surface area contributed by atoms with E-state index >= 15 is 0 Å². The van der Waals surface area contributed by atoms with Crippen molar-refractivity contribution in [3.05, 3.63) is 0 Å². The number of hydrogen-bond acceptors (Lipinski definition) is 1. The van der Waals surface area contributed by atoms with E-state index in [2.05, 4.69) is 0 Å². The molecule has 0 aliphatic carbocycles. The van der Waals surface area contributed by atoms with E-state index in [0.29, 0.717) is 0 Å². The Balaban J connectivity index is 6.62. The maximum atomic E-state index is 13.3. The van der Waals surface area contributed by atoms with Crippen molar-refractivity contribution in [3.8, 4) is 0 Å². The molecule has 0 saturated carbocycles. The van der Waals surface area contributed by atoms with Gasteiger partial charge in [0.05, 0.1) is 6.10 Å². The number of rotatable bonds is 9. The quantitative estimate of drug-likeness (QED) is 0.443. The van der Waals surface area contributed by atoms with Crippen molar-refractivity contribution in [2.45, 2.75) is 60.2 Å². The van der Waals surface area contributed by atoms with Crippen LogP contribution in [0.1, 0.15) is 6.42 Å². The molecule has 0 spiro atoms. The first-order valence-electron chi connectivity index (χ1n) is 6.68. The standard InChI is InChI=1S/C11H6F17O2/c12-4(13,1-3(30)2-29)5(14,15)6(16,17)7(18,19)8(20,21)9(22,23)10(24,25)11(26,27)28/h3,30H,1-2H2. The zero-order chi connectivity index (χ0) is 25.0. The fourth-order valence-electron chi connectivity index (χ4n) is 1.68. The van der Waals surface area contributed by atoms with Crippen molar-refractivity contribution in [1.29, 1.82) is 0 Å². The number of alkyl halides is 17. The molecule has 0 aliphatic heterocycles. The molecule has 0 amide bonds. The summed E-state index contributed by atoms with van der Waals surface area (Å²) in [6.07, 6.45) is -14.1. The molecule has 0 rings (SSSR count). The lowest BCUT2D eigenvalue weighted by Gasteiger charge is -2.43. The van der Waals surface area contributed by atoms with Gasteiger partial charge in [-0.25, -0.2) is 5.11 Å². The molecule has 181 valence electrons. The molecule has 1 N–H and O–H groups in total. The minimum absolute atomic E-state index is 2.17. The Morgan fingerprint density at radius 1 is 0.500 bits per heavy atom. The van der Waals surface area contributed by atoms with Gasteiger partial charge in [-0.2, -0.15) is 74.6 Å². The molecule has 30 heavy (non-hydrogen) atoms. The highest BCUT2D eigenvalue weighted by Gasteiger charge is 2.95. The summed E-state index contributed by atoms with van der Waals surface area (Å²) in [4.78, 5) is 0. The van der Waals surface area contributed by atoms with Crippen molar-refractivity contribution in [3.63, 3.8) is 0 Å². The monoisotopic (exact) mass is 493 g/mol. The third-order valence-electron chi connectivity index (χ3n) is 3.47. The summed E-state index contributed by atoms with van der Waals surface area (Å²) in [5.74, 6) is -57.1. The van der Waals surface area contributed by atoms with Crippen LogP contribution in [0.25, 0.3) is 0 Å². The first kappa shape index (κ1) is 28.7. The van der Waals surface area contributed by atoms with Gasteiger partial charge in [-0.05, 0) is 0 Å². The minimum Gasteiger partial charge on any atom is -0.390 e. The average molecular weight is 493 g/mol. The maximum Gasteiger partial charge on any atom is 0.460 e. The van der Waals surface area contributed by atoms with Crippen LogP contribution in [0, 0.1) is 0 Å². The van der Waals surface area contributed by atoms with E-state index in [-0.39, 0.29) is 0 Å². The Hall–Kier alpha value is -1.27. The molecular formula is C11H6F17O2. The second kappa shape index (κ2) is 7.40. The van der Waals surface area contributed by atoms with Crippen LogP contribution in [0.2, 0.25) is 0 Å². The van der Waals surface area contributed by atoms with Gasteiger partial charge in [-0.3, -0.25) is 0 Å². The van der Waals surface area contributed by atoms with E-state index in [4.69, 9.17) is 5.11 Å². The molecule has 0 bridgehead atoms. The molecule has 0 aromatic rings. The van der Waals surface area contributed by atoms with Crippen LogP contribution in [0.4, 0.5) is 74.6 Å². The molecule has 1 unspecified atom stereocenters. The van der Waals surface area contributed by atoms with Gasteiger partial charge < -0.3 is 5.11 Å². The SMILES string of the molecule is [O]CC(O)CC(F)(F)C(F)(F)C(F)(F)C(F)(F)C(F)(F)C(F)(F)C(F)(F)C(F)(F)F. The molecule has 0 aromatic carbocycles. The Labute approximate surface area is 153 Å². The van der Waals surface area contributed by atoms with Crippen molar-refractivity contribution in [2.75, 3.05) is 6.61 Å². The lowest BCUT2D eigenvalue weighted by atomic mass is 9.88. The van der Waals surface area contributed by atoms with E-state index in [1.54, 1.807) is 0 Å². The zero-order valence-electron chi connectivity index (χ0n) is 13.3. The van der Waals surface area contributed by atoms with Crippen LogP contribution in [0.5, 0.6) is 0 Å². The summed E-state index contributed by atoms with van der Waals surface area (Å²) in [7, 11) is 0. The van der Waals surface area contributed by atoms with Crippen molar-refractivity contribution >= 4 is 0 Å². The highest BCUT2D eigenvalue weighted by atomic mass is 19.4. The van der Waals surface area contributed by atoms with E-state index in [9.17, 15) is 79.7 Å².